The highest BCUT2D eigenvalue weighted by atomic mass is 16.3. The summed E-state index contributed by atoms with van der Waals surface area (Å²) in [7, 11) is 0. The molecule has 22 heavy (non-hydrogen) atoms. The van der Waals surface area contributed by atoms with E-state index in [-0.39, 0.29) is 0 Å². The number of hydrogen-bond donors (Lipinski definition) is 2. The fourth-order valence-electron chi connectivity index (χ4n) is 3.54. The first-order chi connectivity index (χ1) is 10.4. The molecule has 0 spiro atoms. The van der Waals surface area contributed by atoms with Crippen molar-refractivity contribution in [3.05, 3.63) is 23.3 Å². The van der Waals surface area contributed by atoms with Crippen LogP contribution in [0.1, 0.15) is 76.3 Å². The van der Waals surface area contributed by atoms with Gasteiger partial charge in [-0.1, -0.05) is 13.8 Å². The Morgan fingerprint density at radius 2 is 1.14 bits per heavy atom. The molecule has 0 unspecified atom stereocenters. The molecular weight excluding hydrogens is 272 g/mol. The molecule has 2 aliphatic rings. The molecule has 0 saturated heterocycles. The van der Waals surface area contributed by atoms with Gasteiger partial charge in [-0.25, -0.2) is 0 Å². The lowest BCUT2D eigenvalue weighted by Gasteiger charge is -2.15. The Kier molecular flexibility index (Phi) is 4.13. The number of phenols is 2. The van der Waals surface area contributed by atoms with Crippen molar-refractivity contribution < 1.29 is 10.2 Å². The van der Waals surface area contributed by atoms with Crippen LogP contribution in [0.15, 0.2) is 12.1 Å². The van der Waals surface area contributed by atoms with Crippen molar-refractivity contribution in [2.24, 2.45) is 10.8 Å². The highest BCUT2D eigenvalue weighted by Gasteiger charge is 2.37. The van der Waals surface area contributed by atoms with Gasteiger partial charge in [-0.05, 0) is 87.2 Å². The molecule has 1 aromatic rings. The predicted octanol–water partition coefficient (Wildman–Crippen LogP) is 5.34. The van der Waals surface area contributed by atoms with E-state index in [1.165, 1.54) is 38.5 Å². The molecule has 2 N–H and O–H groups in total. The molecule has 3 rings (SSSR count). The lowest BCUT2D eigenvalue weighted by Crippen LogP contribution is -2.01. The van der Waals surface area contributed by atoms with Crippen LogP contribution in [0.2, 0.25) is 0 Å². The van der Waals surface area contributed by atoms with Gasteiger partial charge in [0, 0.05) is 11.1 Å². The van der Waals surface area contributed by atoms with Crippen LogP contribution in [0.4, 0.5) is 0 Å². The van der Waals surface area contributed by atoms with Crippen LogP contribution in [0.3, 0.4) is 0 Å². The van der Waals surface area contributed by atoms with Gasteiger partial charge in [0.25, 0.3) is 0 Å². The average molecular weight is 302 g/mol. The molecule has 0 amide bonds. The van der Waals surface area contributed by atoms with Crippen molar-refractivity contribution in [3.63, 3.8) is 0 Å². The minimum atomic E-state index is 0.367. The second kappa shape index (κ2) is 5.79. The summed E-state index contributed by atoms with van der Waals surface area (Å²) in [5, 5.41) is 20.4. The average Bonchev–Trinajstić information content (AvgIpc) is 3.38. The molecule has 2 heteroatoms. The molecule has 0 atom stereocenters. The minimum absolute atomic E-state index is 0.367. The summed E-state index contributed by atoms with van der Waals surface area (Å²) in [5.41, 5.74) is 3.11. The number of phenolic OH excluding ortho intramolecular Hbond substituents is 2. The Labute approximate surface area is 134 Å². The van der Waals surface area contributed by atoms with Crippen LogP contribution in [0.25, 0.3) is 0 Å². The summed E-state index contributed by atoms with van der Waals surface area (Å²) in [6.45, 7) is 4.71. The Hall–Kier alpha value is -1.18. The van der Waals surface area contributed by atoms with Gasteiger partial charge in [0.1, 0.15) is 11.5 Å². The summed E-state index contributed by atoms with van der Waals surface area (Å²) in [6, 6.07) is 3.30. The highest BCUT2D eigenvalue weighted by Crippen LogP contribution is 2.50. The standard InChI is InChI=1S/C20H30O2/c1-19(11-12-19)9-3-5-15-16(18(22)8-7-17(15)21)6-4-10-20(2)13-14-20/h7-8,21-22H,3-6,9-14H2,1-2H3. The van der Waals surface area contributed by atoms with E-state index in [4.69, 9.17) is 0 Å². The van der Waals surface area contributed by atoms with E-state index in [1.807, 2.05) is 0 Å². The van der Waals surface area contributed by atoms with Gasteiger partial charge in [-0.3, -0.25) is 0 Å². The molecule has 2 saturated carbocycles. The summed E-state index contributed by atoms with van der Waals surface area (Å²) in [6.07, 6.45) is 11.9. The van der Waals surface area contributed by atoms with E-state index in [2.05, 4.69) is 13.8 Å². The maximum absolute atomic E-state index is 10.2. The minimum Gasteiger partial charge on any atom is -0.508 e. The molecule has 0 heterocycles. The summed E-state index contributed by atoms with van der Waals surface area (Å²) in [5.74, 6) is 0.734. The second-order valence-corrected chi connectivity index (χ2v) is 8.39. The van der Waals surface area contributed by atoms with Crippen LogP contribution < -0.4 is 0 Å². The first-order valence-corrected chi connectivity index (χ1v) is 8.94. The van der Waals surface area contributed by atoms with Crippen LogP contribution in [-0.2, 0) is 12.8 Å². The van der Waals surface area contributed by atoms with E-state index >= 15 is 0 Å². The third-order valence-corrected chi connectivity index (χ3v) is 6.00. The normalized spacial score (nSPS) is 20.8. The van der Waals surface area contributed by atoms with Crippen molar-refractivity contribution >= 4 is 0 Å². The van der Waals surface area contributed by atoms with Gasteiger partial charge in [-0.2, -0.15) is 0 Å². The fraction of sp³-hybridized carbons (Fsp3) is 0.700. The van der Waals surface area contributed by atoms with Gasteiger partial charge in [0.05, 0.1) is 0 Å². The Bertz CT molecular complexity index is 490. The molecule has 0 aromatic heterocycles. The van der Waals surface area contributed by atoms with Crippen molar-refractivity contribution in [2.45, 2.75) is 78.1 Å². The molecule has 0 aliphatic heterocycles. The topological polar surface area (TPSA) is 40.5 Å². The first-order valence-electron chi connectivity index (χ1n) is 8.94. The maximum atomic E-state index is 10.2. The number of aromatic hydroxyl groups is 2. The number of benzene rings is 1. The summed E-state index contributed by atoms with van der Waals surface area (Å²) < 4.78 is 0. The van der Waals surface area contributed by atoms with Gasteiger partial charge in [-0.15, -0.1) is 0 Å². The van der Waals surface area contributed by atoms with Gasteiger partial charge >= 0.3 is 0 Å². The van der Waals surface area contributed by atoms with Crippen LogP contribution in [0.5, 0.6) is 11.5 Å². The first kappa shape index (κ1) is 15.7. The van der Waals surface area contributed by atoms with Crippen LogP contribution in [0, 0.1) is 10.8 Å². The molecule has 2 aliphatic carbocycles. The fourth-order valence-corrected chi connectivity index (χ4v) is 3.54. The zero-order valence-electron chi connectivity index (χ0n) is 14.1. The molecule has 0 bridgehead atoms. The lowest BCUT2D eigenvalue weighted by molar-refractivity contribution is 0.436. The summed E-state index contributed by atoms with van der Waals surface area (Å²) >= 11 is 0. The third-order valence-electron chi connectivity index (χ3n) is 6.00. The van der Waals surface area contributed by atoms with Gasteiger partial charge in [0.15, 0.2) is 0 Å². The quantitative estimate of drug-likeness (QED) is 0.636. The van der Waals surface area contributed by atoms with Crippen molar-refractivity contribution in [1.82, 2.24) is 0 Å². The Morgan fingerprint density at radius 3 is 1.45 bits per heavy atom. The maximum Gasteiger partial charge on any atom is 0.119 e. The van der Waals surface area contributed by atoms with E-state index in [9.17, 15) is 10.2 Å². The predicted molar refractivity (Wildman–Crippen MR) is 90.3 cm³/mol. The van der Waals surface area contributed by atoms with Crippen molar-refractivity contribution in [1.29, 1.82) is 0 Å². The molecule has 2 fully saturated rings. The molecule has 122 valence electrons. The third kappa shape index (κ3) is 3.77. The van der Waals surface area contributed by atoms with E-state index in [0.717, 1.165) is 36.8 Å². The molecule has 0 radical (unpaired) electrons. The van der Waals surface area contributed by atoms with Crippen LogP contribution >= 0.6 is 0 Å². The monoisotopic (exact) mass is 302 g/mol. The van der Waals surface area contributed by atoms with Crippen molar-refractivity contribution in [3.8, 4) is 11.5 Å². The van der Waals surface area contributed by atoms with E-state index in [1.54, 1.807) is 12.1 Å². The zero-order chi connectivity index (χ0) is 15.8. The van der Waals surface area contributed by atoms with Crippen molar-refractivity contribution in [2.75, 3.05) is 0 Å². The lowest BCUT2D eigenvalue weighted by atomic mass is 9.92. The van der Waals surface area contributed by atoms with E-state index < -0.39 is 0 Å². The molecule has 2 nitrogen and oxygen atoms in total. The van der Waals surface area contributed by atoms with Crippen LogP contribution in [-0.4, -0.2) is 10.2 Å². The number of rotatable bonds is 8. The molecule has 1 aromatic carbocycles. The van der Waals surface area contributed by atoms with Gasteiger partial charge < -0.3 is 10.2 Å². The second-order valence-electron chi connectivity index (χ2n) is 8.39. The van der Waals surface area contributed by atoms with Gasteiger partial charge in [0.2, 0.25) is 0 Å². The Morgan fingerprint density at radius 1 is 0.773 bits per heavy atom. The SMILES string of the molecule is CC1(CCCc2c(O)ccc(O)c2CCCC2(C)CC2)CC1. The largest absolute Gasteiger partial charge is 0.508 e. The highest BCUT2D eigenvalue weighted by molar-refractivity contribution is 5.47. The number of hydrogen-bond acceptors (Lipinski definition) is 2. The smallest absolute Gasteiger partial charge is 0.119 e. The van der Waals surface area contributed by atoms with E-state index in [0.29, 0.717) is 22.3 Å². The zero-order valence-corrected chi connectivity index (χ0v) is 14.1. The summed E-state index contributed by atoms with van der Waals surface area (Å²) in [4.78, 5) is 0. The Balaban J connectivity index is 1.62. The molecular formula is C20H30O2.